The van der Waals surface area contributed by atoms with Gasteiger partial charge in [-0.3, -0.25) is 14.9 Å². The topological polar surface area (TPSA) is 75.7 Å². The number of hydrogen-bond donors (Lipinski definition) is 1. The highest BCUT2D eigenvalue weighted by Crippen LogP contribution is 2.32. The van der Waals surface area contributed by atoms with Crippen molar-refractivity contribution in [1.82, 2.24) is 5.32 Å². The van der Waals surface area contributed by atoms with Crippen LogP contribution in [0, 0.1) is 13.8 Å². The molecule has 0 bridgehead atoms. The molecule has 3 rings (SSSR count). The Labute approximate surface area is 184 Å². The number of nitrogens with zero attached hydrogens (tertiary/aromatic N) is 1. The van der Waals surface area contributed by atoms with E-state index in [2.05, 4.69) is 21.2 Å². The van der Waals surface area contributed by atoms with E-state index in [0.717, 1.165) is 37.4 Å². The summed E-state index contributed by atoms with van der Waals surface area (Å²) in [7, 11) is 1.61. The Kier molecular flexibility index (Phi) is 6.12. The van der Waals surface area contributed by atoms with E-state index in [-0.39, 0.29) is 11.5 Å². The number of halogens is 1. The standard InChI is InChI=1S/C23H23BrN2O4/c1-12(2)17-10-15(13(3)9-20(17)30-5)11-18-21(27)25-23(29)26(22(18)28)16-6-7-19(24)14(4)8-16/h6-12H,1-5H3,(H,25,27,29)/b18-11+. The fourth-order valence-electron chi connectivity index (χ4n) is 3.31. The Hall–Kier alpha value is -2.93. The maximum atomic E-state index is 13.1. The van der Waals surface area contributed by atoms with Crippen molar-refractivity contribution < 1.29 is 19.1 Å². The Morgan fingerprint density at radius 3 is 2.37 bits per heavy atom. The first kappa shape index (κ1) is 21.8. The molecule has 7 heteroatoms. The fourth-order valence-corrected chi connectivity index (χ4v) is 3.56. The molecule has 2 aromatic rings. The van der Waals surface area contributed by atoms with E-state index >= 15 is 0 Å². The number of carbonyl (C=O) groups excluding carboxylic acids is 3. The van der Waals surface area contributed by atoms with E-state index in [1.54, 1.807) is 25.3 Å². The number of barbiturate groups is 1. The molecule has 1 fully saturated rings. The maximum absolute atomic E-state index is 13.1. The number of nitrogens with one attached hydrogen (secondary N) is 1. The van der Waals surface area contributed by atoms with Gasteiger partial charge in [-0.15, -0.1) is 0 Å². The van der Waals surface area contributed by atoms with Gasteiger partial charge in [-0.1, -0.05) is 29.8 Å². The van der Waals surface area contributed by atoms with E-state index in [1.165, 1.54) is 6.08 Å². The first-order chi connectivity index (χ1) is 14.1. The van der Waals surface area contributed by atoms with Crippen molar-refractivity contribution in [2.24, 2.45) is 0 Å². The number of anilines is 1. The van der Waals surface area contributed by atoms with Gasteiger partial charge in [0.05, 0.1) is 12.8 Å². The number of hydrogen-bond acceptors (Lipinski definition) is 4. The molecule has 1 aliphatic heterocycles. The monoisotopic (exact) mass is 470 g/mol. The normalized spacial score (nSPS) is 15.8. The number of methoxy groups -OCH3 is 1. The Balaban J connectivity index is 2.09. The molecule has 1 aliphatic rings. The molecule has 30 heavy (non-hydrogen) atoms. The van der Waals surface area contributed by atoms with E-state index in [0.29, 0.717) is 5.69 Å². The summed E-state index contributed by atoms with van der Waals surface area (Å²) in [6.45, 7) is 7.82. The van der Waals surface area contributed by atoms with Gasteiger partial charge in [-0.05, 0) is 78.4 Å². The van der Waals surface area contributed by atoms with Crippen LogP contribution in [0.1, 0.15) is 42.0 Å². The summed E-state index contributed by atoms with van der Waals surface area (Å²) < 4.78 is 6.32. The Bertz CT molecular complexity index is 1090. The number of benzene rings is 2. The van der Waals surface area contributed by atoms with Gasteiger partial charge in [0.15, 0.2) is 0 Å². The summed E-state index contributed by atoms with van der Waals surface area (Å²) in [5, 5.41) is 2.26. The van der Waals surface area contributed by atoms with Crippen LogP contribution in [0.4, 0.5) is 10.5 Å². The van der Waals surface area contributed by atoms with Crippen LogP contribution in [0.5, 0.6) is 5.75 Å². The summed E-state index contributed by atoms with van der Waals surface area (Å²) in [5.74, 6) is -0.424. The Morgan fingerprint density at radius 2 is 1.77 bits per heavy atom. The fraction of sp³-hybridized carbons (Fsp3) is 0.261. The van der Waals surface area contributed by atoms with Crippen molar-refractivity contribution in [1.29, 1.82) is 0 Å². The minimum absolute atomic E-state index is 0.0989. The van der Waals surface area contributed by atoms with Gasteiger partial charge in [-0.2, -0.15) is 0 Å². The van der Waals surface area contributed by atoms with E-state index < -0.39 is 17.8 Å². The molecular formula is C23H23BrN2O4. The lowest BCUT2D eigenvalue weighted by Gasteiger charge is -2.27. The molecule has 1 heterocycles. The van der Waals surface area contributed by atoms with Crippen molar-refractivity contribution in [3.63, 3.8) is 0 Å². The number of amides is 4. The van der Waals surface area contributed by atoms with Crippen molar-refractivity contribution in [2.75, 3.05) is 12.0 Å². The number of aryl methyl sites for hydroxylation is 2. The number of carbonyl (C=O) groups is 3. The van der Waals surface area contributed by atoms with Gasteiger partial charge in [0.1, 0.15) is 11.3 Å². The second-order valence-corrected chi connectivity index (χ2v) is 8.35. The summed E-state index contributed by atoms with van der Waals surface area (Å²) in [5.41, 5.74) is 3.70. The molecule has 0 unspecified atom stereocenters. The smallest absolute Gasteiger partial charge is 0.335 e. The third kappa shape index (κ3) is 4.03. The van der Waals surface area contributed by atoms with Gasteiger partial charge in [0.25, 0.3) is 11.8 Å². The van der Waals surface area contributed by atoms with Crippen molar-refractivity contribution >= 4 is 45.5 Å². The quantitative estimate of drug-likeness (QED) is 0.510. The molecule has 0 aromatic heterocycles. The first-order valence-electron chi connectivity index (χ1n) is 9.50. The highest BCUT2D eigenvalue weighted by molar-refractivity contribution is 9.10. The highest BCUT2D eigenvalue weighted by atomic mass is 79.9. The van der Waals surface area contributed by atoms with Crippen LogP contribution in [0.3, 0.4) is 0 Å². The van der Waals surface area contributed by atoms with E-state index in [4.69, 9.17) is 4.74 Å². The lowest BCUT2D eigenvalue weighted by Crippen LogP contribution is -2.54. The molecular weight excluding hydrogens is 448 g/mol. The average Bonchev–Trinajstić information content (AvgIpc) is 2.68. The average molecular weight is 471 g/mol. The highest BCUT2D eigenvalue weighted by Gasteiger charge is 2.37. The summed E-state index contributed by atoms with van der Waals surface area (Å²) in [6.07, 6.45) is 1.53. The van der Waals surface area contributed by atoms with Crippen LogP contribution in [0.2, 0.25) is 0 Å². The molecule has 156 valence electrons. The van der Waals surface area contributed by atoms with Crippen LogP contribution in [0.15, 0.2) is 40.4 Å². The largest absolute Gasteiger partial charge is 0.496 e. The second kappa shape index (κ2) is 8.44. The number of rotatable bonds is 4. The molecule has 0 aliphatic carbocycles. The van der Waals surface area contributed by atoms with Crippen LogP contribution in [-0.2, 0) is 9.59 Å². The number of imide groups is 2. The molecule has 0 radical (unpaired) electrons. The van der Waals surface area contributed by atoms with Gasteiger partial charge in [0, 0.05) is 4.47 Å². The number of ether oxygens (including phenoxy) is 1. The third-order valence-electron chi connectivity index (χ3n) is 5.04. The van der Waals surface area contributed by atoms with Crippen LogP contribution >= 0.6 is 15.9 Å². The summed E-state index contributed by atoms with van der Waals surface area (Å²) in [4.78, 5) is 39.0. The van der Waals surface area contributed by atoms with Gasteiger partial charge in [-0.25, -0.2) is 9.69 Å². The maximum Gasteiger partial charge on any atom is 0.335 e. The second-order valence-electron chi connectivity index (χ2n) is 7.50. The molecule has 0 saturated carbocycles. The SMILES string of the molecule is COc1cc(C)c(/C=C2\C(=O)NC(=O)N(c3ccc(Br)c(C)c3)C2=O)cc1C(C)C. The minimum Gasteiger partial charge on any atom is -0.496 e. The Morgan fingerprint density at radius 1 is 1.07 bits per heavy atom. The summed E-state index contributed by atoms with van der Waals surface area (Å²) in [6, 6.07) is 8.15. The van der Waals surface area contributed by atoms with Gasteiger partial charge >= 0.3 is 6.03 Å². The molecule has 6 nitrogen and oxygen atoms in total. The molecule has 4 amide bonds. The zero-order valence-corrected chi connectivity index (χ0v) is 19.1. The van der Waals surface area contributed by atoms with Crippen molar-refractivity contribution in [2.45, 2.75) is 33.6 Å². The van der Waals surface area contributed by atoms with Gasteiger partial charge < -0.3 is 4.74 Å². The van der Waals surface area contributed by atoms with Crippen molar-refractivity contribution in [3.05, 3.63) is 62.6 Å². The van der Waals surface area contributed by atoms with Crippen LogP contribution < -0.4 is 15.0 Å². The van der Waals surface area contributed by atoms with Crippen LogP contribution in [-0.4, -0.2) is 25.0 Å². The van der Waals surface area contributed by atoms with Crippen LogP contribution in [0.25, 0.3) is 6.08 Å². The van der Waals surface area contributed by atoms with E-state index in [9.17, 15) is 14.4 Å². The van der Waals surface area contributed by atoms with Gasteiger partial charge in [0.2, 0.25) is 0 Å². The zero-order chi connectivity index (χ0) is 22.2. The molecule has 2 aromatic carbocycles. The minimum atomic E-state index is -0.766. The molecule has 1 N–H and O–H groups in total. The zero-order valence-electron chi connectivity index (χ0n) is 17.5. The first-order valence-corrected chi connectivity index (χ1v) is 10.3. The third-order valence-corrected chi connectivity index (χ3v) is 5.93. The molecule has 1 saturated heterocycles. The van der Waals surface area contributed by atoms with Crippen molar-refractivity contribution in [3.8, 4) is 5.75 Å². The number of urea groups is 1. The molecule has 0 spiro atoms. The lowest BCUT2D eigenvalue weighted by molar-refractivity contribution is -0.122. The lowest BCUT2D eigenvalue weighted by atomic mass is 9.95. The predicted molar refractivity (Wildman–Crippen MR) is 120 cm³/mol. The summed E-state index contributed by atoms with van der Waals surface area (Å²) >= 11 is 3.41. The molecule has 0 atom stereocenters. The van der Waals surface area contributed by atoms with E-state index in [1.807, 2.05) is 39.8 Å². The predicted octanol–water partition coefficient (Wildman–Crippen LogP) is 4.86.